The zero-order valence-corrected chi connectivity index (χ0v) is 8.60. The Morgan fingerprint density at radius 3 is 2.92 bits per heavy atom. The highest BCUT2D eigenvalue weighted by atomic mass is 16.5. The van der Waals surface area contributed by atoms with Crippen LogP contribution in [0.3, 0.4) is 0 Å². The van der Waals surface area contributed by atoms with Gasteiger partial charge in [0.25, 0.3) is 0 Å². The van der Waals surface area contributed by atoms with Crippen LogP contribution >= 0.6 is 0 Å². The maximum atomic E-state index is 5.73. The summed E-state index contributed by atoms with van der Waals surface area (Å²) in [5.41, 5.74) is 0.409. The third-order valence-corrected chi connectivity index (χ3v) is 3.24. The standard InChI is InChI=1S/C11H19NO/c1-3-5-10(13-4-2)11-6-9(11)7-12-8-11/h5,9,12H,3-4,6-8H2,1-2H3/b10-5+. The van der Waals surface area contributed by atoms with Gasteiger partial charge in [-0.15, -0.1) is 0 Å². The second kappa shape index (κ2) is 3.33. The Morgan fingerprint density at radius 1 is 1.62 bits per heavy atom. The van der Waals surface area contributed by atoms with E-state index in [0.717, 1.165) is 25.5 Å². The Labute approximate surface area is 80.4 Å². The summed E-state index contributed by atoms with van der Waals surface area (Å²) in [5, 5.41) is 3.44. The number of fused-ring (bicyclic) bond motifs is 1. The van der Waals surface area contributed by atoms with E-state index in [1.807, 2.05) is 0 Å². The van der Waals surface area contributed by atoms with Gasteiger partial charge in [0.15, 0.2) is 0 Å². The van der Waals surface area contributed by atoms with Crippen LogP contribution in [0.15, 0.2) is 11.8 Å². The SMILES string of the molecule is CC/C=C(/OCC)C12CNCC1C2. The summed E-state index contributed by atoms with van der Waals surface area (Å²) < 4.78 is 5.73. The quantitative estimate of drug-likeness (QED) is 0.669. The second-order valence-corrected chi connectivity index (χ2v) is 4.10. The Morgan fingerprint density at radius 2 is 2.46 bits per heavy atom. The number of rotatable bonds is 4. The van der Waals surface area contributed by atoms with Crippen LogP contribution in [0.1, 0.15) is 26.7 Å². The van der Waals surface area contributed by atoms with Crippen LogP contribution in [0.2, 0.25) is 0 Å². The van der Waals surface area contributed by atoms with Crippen LogP contribution in [0.4, 0.5) is 0 Å². The molecular formula is C11H19NO. The fraction of sp³-hybridized carbons (Fsp3) is 0.818. The van der Waals surface area contributed by atoms with Crippen molar-refractivity contribution in [2.45, 2.75) is 26.7 Å². The van der Waals surface area contributed by atoms with Crippen LogP contribution in [-0.4, -0.2) is 19.7 Å². The summed E-state index contributed by atoms with van der Waals surface area (Å²) in [5.74, 6) is 2.12. The molecule has 2 atom stereocenters. The van der Waals surface area contributed by atoms with E-state index in [1.165, 1.54) is 18.7 Å². The van der Waals surface area contributed by atoms with Crippen molar-refractivity contribution < 1.29 is 4.74 Å². The van der Waals surface area contributed by atoms with Gasteiger partial charge in [-0.05, 0) is 38.3 Å². The van der Waals surface area contributed by atoms with Crippen molar-refractivity contribution >= 4 is 0 Å². The van der Waals surface area contributed by atoms with Crippen molar-refractivity contribution in [1.82, 2.24) is 5.32 Å². The average molecular weight is 181 g/mol. The lowest BCUT2D eigenvalue weighted by molar-refractivity contribution is 0.182. The Hall–Kier alpha value is -0.500. The molecule has 1 aliphatic carbocycles. The van der Waals surface area contributed by atoms with Crippen molar-refractivity contribution in [3.8, 4) is 0 Å². The predicted molar refractivity (Wildman–Crippen MR) is 53.4 cm³/mol. The summed E-state index contributed by atoms with van der Waals surface area (Å²) in [7, 11) is 0. The predicted octanol–water partition coefficient (Wildman–Crippen LogP) is 1.93. The highest BCUT2D eigenvalue weighted by Gasteiger charge is 2.60. The molecule has 0 bridgehead atoms. The van der Waals surface area contributed by atoms with Crippen LogP contribution in [0, 0.1) is 11.3 Å². The van der Waals surface area contributed by atoms with Gasteiger partial charge in [-0.2, -0.15) is 0 Å². The van der Waals surface area contributed by atoms with E-state index in [2.05, 4.69) is 25.2 Å². The molecular weight excluding hydrogens is 162 g/mol. The second-order valence-electron chi connectivity index (χ2n) is 4.10. The van der Waals surface area contributed by atoms with Gasteiger partial charge in [-0.1, -0.05) is 6.92 Å². The molecule has 2 heteroatoms. The first-order chi connectivity index (χ1) is 6.33. The topological polar surface area (TPSA) is 21.3 Å². The first-order valence-electron chi connectivity index (χ1n) is 5.37. The number of hydrogen-bond acceptors (Lipinski definition) is 2. The lowest BCUT2D eigenvalue weighted by atomic mass is 10.0. The lowest BCUT2D eigenvalue weighted by Crippen LogP contribution is -2.19. The lowest BCUT2D eigenvalue weighted by Gasteiger charge is -2.17. The van der Waals surface area contributed by atoms with Crippen LogP contribution in [-0.2, 0) is 4.74 Å². The fourth-order valence-corrected chi connectivity index (χ4v) is 2.47. The van der Waals surface area contributed by atoms with Gasteiger partial charge in [0, 0.05) is 12.0 Å². The molecule has 1 saturated carbocycles. The highest BCUT2D eigenvalue weighted by molar-refractivity contribution is 5.25. The molecule has 2 fully saturated rings. The van der Waals surface area contributed by atoms with Crippen molar-refractivity contribution in [3.05, 3.63) is 11.8 Å². The summed E-state index contributed by atoms with van der Waals surface area (Å²) in [6.07, 6.45) is 4.69. The molecule has 1 aliphatic heterocycles. The minimum absolute atomic E-state index is 0.409. The molecule has 0 spiro atoms. The van der Waals surface area contributed by atoms with Gasteiger partial charge < -0.3 is 10.1 Å². The number of hydrogen-bond donors (Lipinski definition) is 1. The number of nitrogens with one attached hydrogen (secondary N) is 1. The Kier molecular flexibility index (Phi) is 2.33. The molecule has 0 radical (unpaired) electrons. The molecule has 2 rings (SSSR count). The normalized spacial score (nSPS) is 37.4. The molecule has 0 amide bonds. The third kappa shape index (κ3) is 1.37. The number of ether oxygens (including phenoxy) is 1. The molecule has 1 heterocycles. The van der Waals surface area contributed by atoms with Gasteiger partial charge in [0.1, 0.15) is 0 Å². The molecule has 2 nitrogen and oxygen atoms in total. The van der Waals surface area contributed by atoms with Crippen molar-refractivity contribution in [2.75, 3.05) is 19.7 Å². The van der Waals surface area contributed by atoms with E-state index in [-0.39, 0.29) is 0 Å². The van der Waals surface area contributed by atoms with Gasteiger partial charge >= 0.3 is 0 Å². The highest BCUT2D eigenvalue weighted by Crippen LogP contribution is 2.60. The largest absolute Gasteiger partial charge is 0.498 e. The van der Waals surface area contributed by atoms with Gasteiger partial charge in [-0.25, -0.2) is 0 Å². The average Bonchev–Trinajstić information content (AvgIpc) is 2.70. The Bertz CT molecular complexity index is 224. The van der Waals surface area contributed by atoms with E-state index >= 15 is 0 Å². The zero-order chi connectivity index (χ0) is 9.31. The first-order valence-corrected chi connectivity index (χ1v) is 5.37. The fourth-order valence-electron chi connectivity index (χ4n) is 2.47. The molecule has 13 heavy (non-hydrogen) atoms. The van der Waals surface area contributed by atoms with Crippen LogP contribution in [0.5, 0.6) is 0 Å². The van der Waals surface area contributed by atoms with Crippen LogP contribution < -0.4 is 5.32 Å². The molecule has 1 saturated heterocycles. The van der Waals surface area contributed by atoms with Gasteiger partial charge in [0.05, 0.1) is 12.4 Å². The number of piperidine rings is 1. The molecule has 0 aromatic carbocycles. The van der Waals surface area contributed by atoms with E-state index in [9.17, 15) is 0 Å². The maximum Gasteiger partial charge on any atom is 0.0997 e. The van der Waals surface area contributed by atoms with Crippen LogP contribution in [0.25, 0.3) is 0 Å². The molecule has 2 aliphatic rings. The van der Waals surface area contributed by atoms with E-state index < -0.39 is 0 Å². The van der Waals surface area contributed by atoms with Crippen molar-refractivity contribution in [3.63, 3.8) is 0 Å². The van der Waals surface area contributed by atoms with Crippen molar-refractivity contribution in [2.24, 2.45) is 11.3 Å². The smallest absolute Gasteiger partial charge is 0.0997 e. The minimum atomic E-state index is 0.409. The summed E-state index contributed by atoms with van der Waals surface area (Å²) in [6.45, 7) is 7.37. The molecule has 0 aromatic rings. The van der Waals surface area contributed by atoms with E-state index in [1.54, 1.807) is 0 Å². The summed E-state index contributed by atoms with van der Waals surface area (Å²) in [6, 6.07) is 0. The van der Waals surface area contributed by atoms with E-state index in [4.69, 9.17) is 4.74 Å². The zero-order valence-electron chi connectivity index (χ0n) is 8.60. The van der Waals surface area contributed by atoms with Gasteiger partial charge in [0.2, 0.25) is 0 Å². The molecule has 2 unspecified atom stereocenters. The van der Waals surface area contributed by atoms with Gasteiger partial charge in [-0.3, -0.25) is 0 Å². The maximum absolute atomic E-state index is 5.73. The van der Waals surface area contributed by atoms with Crippen molar-refractivity contribution in [1.29, 1.82) is 0 Å². The Balaban J connectivity index is 2.07. The molecule has 74 valence electrons. The summed E-state index contributed by atoms with van der Waals surface area (Å²) >= 11 is 0. The molecule has 0 aromatic heterocycles. The third-order valence-electron chi connectivity index (χ3n) is 3.24. The first kappa shape index (κ1) is 9.07. The monoisotopic (exact) mass is 181 g/mol. The number of allylic oxidation sites excluding steroid dienone is 1. The summed E-state index contributed by atoms with van der Waals surface area (Å²) in [4.78, 5) is 0. The molecule has 1 N–H and O–H groups in total. The van der Waals surface area contributed by atoms with E-state index in [0.29, 0.717) is 5.41 Å². The minimum Gasteiger partial charge on any atom is -0.498 e.